The molecule has 2 heterocycles. The van der Waals surface area contributed by atoms with E-state index in [1.54, 1.807) is 47.4 Å². The number of fused-ring (bicyclic) bond motifs is 1. The van der Waals surface area contributed by atoms with Gasteiger partial charge in [0.2, 0.25) is 0 Å². The molecular formula is C18H14Cl2N2O3S2. The number of anilines is 1. The van der Waals surface area contributed by atoms with E-state index in [4.69, 9.17) is 23.2 Å². The number of benzene rings is 2. The van der Waals surface area contributed by atoms with Crippen LogP contribution in [-0.4, -0.2) is 42.3 Å². The Morgan fingerprint density at radius 1 is 1.07 bits per heavy atom. The highest BCUT2D eigenvalue weighted by molar-refractivity contribution is 8.16. The zero-order valence-corrected chi connectivity index (χ0v) is 17.0. The van der Waals surface area contributed by atoms with E-state index in [1.165, 1.54) is 11.8 Å². The third kappa shape index (κ3) is 3.61. The van der Waals surface area contributed by atoms with Gasteiger partial charge in [0.05, 0.1) is 33.3 Å². The highest BCUT2D eigenvalue weighted by Gasteiger charge is 2.49. The molecule has 0 spiro atoms. The quantitative estimate of drug-likeness (QED) is 0.707. The first-order valence-electron chi connectivity index (χ1n) is 8.14. The Labute approximate surface area is 171 Å². The summed E-state index contributed by atoms with van der Waals surface area (Å²) in [4.78, 5) is 18.6. The molecule has 27 heavy (non-hydrogen) atoms. The second-order valence-corrected chi connectivity index (χ2v) is 10.5. The molecule has 2 aromatic rings. The summed E-state index contributed by atoms with van der Waals surface area (Å²) in [5, 5.41) is 0.909. The average molecular weight is 441 g/mol. The van der Waals surface area contributed by atoms with Gasteiger partial charge in [0.1, 0.15) is 0 Å². The van der Waals surface area contributed by atoms with Crippen molar-refractivity contribution >= 4 is 61.6 Å². The molecule has 0 N–H and O–H groups in total. The molecule has 0 aromatic heterocycles. The third-order valence-corrected chi connectivity index (χ3v) is 8.49. The second kappa shape index (κ2) is 7.13. The van der Waals surface area contributed by atoms with Gasteiger partial charge in [-0.25, -0.2) is 8.42 Å². The van der Waals surface area contributed by atoms with E-state index >= 15 is 0 Å². The van der Waals surface area contributed by atoms with E-state index in [1.807, 2.05) is 6.07 Å². The van der Waals surface area contributed by atoms with Crippen LogP contribution in [0.15, 0.2) is 53.5 Å². The van der Waals surface area contributed by atoms with Gasteiger partial charge in [0, 0.05) is 10.8 Å². The molecule has 0 radical (unpaired) electrons. The van der Waals surface area contributed by atoms with Crippen LogP contribution >= 0.6 is 35.0 Å². The number of sulfone groups is 1. The smallest absolute Gasteiger partial charge is 0.279 e. The number of amides is 1. The largest absolute Gasteiger partial charge is 0.314 e. The molecular weight excluding hydrogens is 427 g/mol. The van der Waals surface area contributed by atoms with Gasteiger partial charge in [-0.2, -0.15) is 4.99 Å². The number of nitrogens with zero attached hydrogens (tertiary/aromatic N) is 2. The highest BCUT2D eigenvalue weighted by Crippen LogP contribution is 2.44. The first-order valence-corrected chi connectivity index (χ1v) is 11.6. The van der Waals surface area contributed by atoms with Gasteiger partial charge in [-0.05, 0) is 24.3 Å². The second-order valence-electron chi connectivity index (χ2n) is 6.31. The van der Waals surface area contributed by atoms with E-state index in [2.05, 4.69) is 4.99 Å². The van der Waals surface area contributed by atoms with Crippen molar-refractivity contribution in [1.82, 2.24) is 0 Å². The summed E-state index contributed by atoms with van der Waals surface area (Å²) in [5.74, 6) is -0.342. The van der Waals surface area contributed by atoms with Crippen molar-refractivity contribution in [2.45, 2.75) is 11.3 Å². The number of carbonyl (C=O) groups excluding carboxylic acids is 1. The van der Waals surface area contributed by atoms with Crippen LogP contribution in [0.4, 0.5) is 5.69 Å². The van der Waals surface area contributed by atoms with Gasteiger partial charge in [-0.15, -0.1) is 0 Å². The Morgan fingerprint density at radius 3 is 2.56 bits per heavy atom. The molecule has 0 bridgehead atoms. The summed E-state index contributed by atoms with van der Waals surface area (Å²) in [5.41, 5.74) is 1.02. The van der Waals surface area contributed by atoms with Crippen molar-refractivity contribution in [2.75, 3.05) is 16.4 Å². The van der Waals surface area contributed by atoms with E-state index in [-0.39, 0.29) is 28.7 Å². The fourth-order valence-electron chi connectivity index (χ4n) is 3.26. The number of aliphatic imine (C=N–C) groups is 1. The van der Waals surface area contributed by atoms with Crippen LogP contribution in [0.3, 0.4) is 0 Å². The highest BCUT2D eigenvalue weighted by atomic mass is 35.5. The van der Waals surface area contributed by atoms with E-state index in [0.717, 1.165) is 0 Å². The number of amidine groups is 1. The number of rotatable bonds is 2. The molecule has 5 nitrogen and oxygen atoms in total. The fourth-order valence-corrected chi connectivity index (χ4v) is 7.55. The molecule has 2 saturated heterocycles. The molecule has 9 heteroatoms. The summed E-state index contributed by atoms with van der Waals surface area (Å²) in [6.07, 6.45) is 0. The van der Waals surface area contributed by atoms with E-state index in [0.29, 0.717) is 26.5 Å². The third-order valence-electron chi connectivity index (χ3n) is 4.48. The fraction of sp³-hybridized carbons (Fsp3) is 0.222. The van der Waals surface area contributed by atoms with Crippen molar-refractivity contribution in [3.8, 4) is 0 Å². The van der Waals surface area contributed by atoms with Crippen molar-refractivity contribution in [3.63, 3.8) is 0 Å². The minimum Gasteiger partial charge on any atom is -0.314 e. The Bertz CT molecular complexity index is 1040. The first kappa shape index (κ1) is 18.8. The standard InChI is InChI=1S/C18H14Cl2N2O3S2/c19-12-7-4-8-13(16(12)20)22-14-9-27(24,25)10-15(14)26-18(22)21-17(23)11-5-2-1-3-6-11/h1-8,14-15H,9-10H2/t14-,15-/m1/s1. The molecule has 2 aliphatic rings. The Morgan fingerprint density at radius 2 is 1.81 bits per heavy atom. The van der Waals surface area contributed by atoms with Crippen LogP contribution in [0.25, 0.3) is 0 Å². The zero-order valence-electron chi connectivity index (χ0n) is 13.9. The lowest BCUT2D eigenvalue weighted by Crippen LogP contribution is -2.38. The molecule has 0 aliphatic carbocycles. The average Bonchev–Trinajstić information content (AvgIpc) is 3.09. The number of hydrogen-bond donors (Lipinski definition) is 0. The molecule has 0 saturated carbocycles. The normalized spacial score (nSPS) is 25.0. The Kier molecular flexibility index (Phi) is 4.96. The van der Waals surface area contributed by atoms with Gasteiger partial charge in [-0.1, -0.05) is 59.2 Å². The predicted octanol–water partition coefficient (Wildman–Crippen LogP) is 3.91. The van der Waals surface area contributed by atoms with Gasteiger partial charge in [0.25, 0.3) is 5.91 Å². The number of halogens is 2. The van der Waals surface area contributed by atoms with Crippen LogP contribution in [0.1, 0.15) is 10.4 Å². The van der Waals surface area contributed by atoms with Crippen molar-refractivity contribution in [3.05, 3.63) is 64.1 Å². The molecule has 2 fully saturated rings. The van der Waals surface area contributed by atoms with Crippen LogP contribution in [0.2, 0.25) is 10.0 Å². The lowest BCUT2D eigenvalue weighted by molar-refractivity contribution is 0.100. The maximum Gasteiger partial charge on any atom is 0.279 e. The van der Waals surface area contributed by atoms with E-state index in [9.17, 15) is 13.2 Å². The molecule has 140 valence electrons. The van der Waals surface area contributed by atoms with Gasteiger partial charge in [-0.3, -0.25) is 4.79 Å². The minimum absolute atomic E-state index is 0.00788. The zero-order chi connectivity index (χ0) is 19.2. The monoisotopic (exact) mass is 440 g/mol. The lowest BCUT2D eigenvalue weighted by atomic mass is 10.2. The van der Waals surface area contributed by atoms with Crippen LogP contribution < -0.4 is 4.90 Å². The van der Waals surface area contributed by atoms with Crippen molar-refractivity contribution < 1.29 is 13.2 Å². The maximum absolute atomic E-state index is 12.6. The molecule has 2 aromatic carbocycles. The SMILES string of the molecule is O=C(N=C1S[C@@H]2CS(=O)(=O)C[C@H]2N1c1cccc(Cl)c1Cl)c1ccccc1. The molecule has 2 atom stereocenters. The molecule has 4 rings (SSSR count). The maximum atomic E-state index is 12.6. The first-order chi connectivity index (χ1) is 12.9. The molecule has 0 unspecified atom stereocenters. The summed E-state index contributed by atoms with van der Waals surface area (Å²) in [6, 6.07) is 13.5. The number of thioether (sulfide) groups is 1. The predicted molar refractivity (Wildman–Crippen MR) is 111 cm³/mol. The summed E-state index contributed by atoms with van der Waals surface area (Å²) in [7, 11) is -3.15. The Balaban J connectivity index is 1.78. The summed E-state index contributed by atoms with van der Waals surface area (Å²) < 4.78 is 24.2. The van der Waals surface area contributed by atoms with Gasteiger partial charge in [0.15, 0.2) is 15.0 Å². The van der Waals surface area contributed by atoms with Crippen molar-refractivity contribution in [2.24, 2.45) is 4.99 Å². The molecule has 1 amide bonds. The number of hydrogen-bond acceptors (Lipinski definition) is 4. The number of carbonyl (C=O) groups is 1. The van der Waals surface area contributed by atoms with Crippen LogP contribution in [0.5, 0.6) is 0 Å². The van der Waals surface area contributed by atoms with Gasteiger partial charge < -0.3 is 4.90 Å². The van der Waals surface area contributed by atoms with Gasteiger partial charge >= 0.3 is 0 Å². The Hall–Kier alpha value is -1.54. The van der Waals surface area contributed by atoms with Crippen molar-refractivity contribution in [1.29, 1.82) is 0 Å². The topological polar surface area (TPSA) is 66.8 Å². The summed E-state index contributed by atoms with van der Waals surface area (Å²) >= 11 is 13.8. The molecule has 2 aliphatic heterocycles. The van der Waals surface area contributed by atoms with E-state index < -0.39 is 9.84 Å². The van der Waals surface area contributed by atoms with Crippen LogP contribution in [-0.2, 0) is 9.84 Å². The lowest BCUT2D eigenvalue weighted by Gasteiger charge is -2.25. The van der Waals surface area contributed by atoms with Crippen LogP contribution in [0, 0.1) is 0 Å². The summed E-state index contributed by atoms with van der Waals surface area (Å²) in [6.45, 7) is 0. The minimum atomic E-state index is -3.15.